The maximum absolute atomic E-state index is 12.2. The van der Waals surface area contributed by atoms with E-state index in [1.165, 1.54) is 12.8 Å². The first-order valence-corrected chi connectivity index (χ1v) is 7.73. The summed E-state index contributed by atoms with van der Waals surface area (Å²) in [5.74, 6) is -1.45. The minimum atomic E-state index is -0.831. The van der Waals surface area contributed by atoms with E-state index in [4.69, 9.17) is 0 Å². The molecule has 0 aromatic heterocycles. The molecule has 2 N–H and O–H groups in total. The molecule has 20 heavy (non-hydrogen) atoms. The number of carbonyl (C=O) groups excluding carboxylic acids is 1. The third kappa shape index (κ3) is 3.51. The molecule has 1 aliphatic heterocycles. The lowest BCUT2D eigenvalue weighted by molar-refractivity contribution is -0.146. The number of hydrogen-bond donors (Lipinski definition) is 2. The van der Waals surface area contributed by atoms with Gasteiger partial charge in [-0.3, -0.25) is 14.5 Å². The van der Waals surface area contributed by atoms with Crippen LogP contribution >= 0.6 is 0 Å². The van der Waals surface area contributed by atoms with Crippen molar-refractivity contribution in [3.05, 3.63) is 0 Å². The number of carboxylic acids is 1. The molecule has 2 aliphatic rings. The summed E-state index contributed by atoms with van der Waals surface area (Å²) in [7, 11) is 0. The minimum absolute atomic E-state index is 0.0761. The Morgan fingerprint density at radius 3 is 2.45 bits per heavy atom. The molecule has 114 valence electrons. The van der Waals surface area contributed by atoms with Gasteiger partial charge in [0.05, 0.1) is 11.8 Å². The second-order valence-electron chi connectivity index (χ2n) is 6.47. The van der Waals surface area contributed by atoms with Crippen LogP contribution in [0.5, 0.6) is 0 Å². The molecule has 1 saturated heterocycles. The maximum Gasteiger partial charge on any atom is 0.307 e. The Hall–Kier alpha value is -1.10. The predicted molar refractivity (Wildman–Crippen MR) is 76.3 cm³/mol. The van der Waals surface area contributed by atoms with Crippen molar-refractivity contribution in [3.63, 3.8) is 0 Å². The van der Waals surface area contributed by atoms with Gasteiger partial charge in [0.2, 0.25) is 5.91 Å². The van der Waals surface area contributed by atoms with Gasteiger partial charge >= 0.3 is 5.97 Å². The summed E-state index contributed by atoms with van der Waals surface area (Å²) < 4.78 is 0. The van der Waals surface area contributed by atoms with Crippen LogP contribution in [-0.4, -0.2) is 47.6 Å². The lowest BCUT2D eigenvalue weighted by Crippen LogP contribution is -2.43. The number of amides is 1. The van der Waals surface area contributed by atoms with Crippen LogP contribution in [0.4, 0.5) is 0 Å². The molecule has 2 rings (SSSR count). The van der Waals surface area contributed by atoms with E-state index in [0.717, 1.165) is 13.1 Å². The van der Waals surface area contributed by atoms with Crippen LogP contribution < -0.4 is 5.32 Å². The van der Waals surface area contributed by atoms with E-state index < -0.39 is 11.9 Å². The lowest BCUT2D eigenvalue weighted by Gasteiger charge is -2.25. The smallest absolute Gasteiger partial charge is 0.307 e. The summed E-state index contributed by atoms with van der Waals surface area (Å²) in [4.78, 5) is 25.8. The van der Waals surface area contributed by atoms with E-state index in [0.29, 0.717) is 31.3 Å². The van der Waals surface area contributed by atoms with Crippen molar-refractivity contribution in [1.82, 2.24) is 10.2 Å². The van der Waals surface area contributed by atoms with Gasteiger partial charge < -0.3 is 10.4 Å². The fraction of sp³-hybridized carbons (Fsp3) is 0.867. The first-order valence-electron chi connectivity index (χ1n) is 7.73. The Bertz CT molecular complexity index is 366. The Balaban J connectivity index is 1.83. The second kappa shape index (κ2) is 6.57. The van der Waals surface area contributed by atoms with Gasteiger partial charge in [-0.1, -0.05) is 6.92 Å². The molecule has 2 unspecified atom stereocenters. The van der Waals surface area contributed by atoms with Gasteiger partial charge in [-0.05, 0) is 51.6 Å². The van der Waals surface area contributed by atoms with Gasteiger partial charge in [-0.15, -0.1) is 0 Å². The highest BCUT2D eigenvalue weighted by molar-refractivity contribution is 5.85. The first kappa shape index (κ1) is 15.3. The molecule has 1 amide bonds. The van der Waals surface area contributed by atoms with Gasteiger partial charge in [0.15, 0.2) is 0 Å². The van der Waals surface area contributed by atoms with Crippen molar-refractivity contribution in [3.8, 4) is 0 Å². The third-order valence-electron chi connectivity index (χ3n) is 4.79. The Kier molecular flexibility index (Phi) is 5.02. The van der Waals surface area contributed by atoms with Crippen molar-refractivity contribution in [2.75, 3.05) is 19.6 Å². The molecule has 0 aromatic carbocycles. The number of rotatable bonds is 5. The molecule has 5 heteroatoms. The molecule has 1 heterocycles. The molecule has 0 bridgehead atoms. The number of likely N-dealkylation sites (tertiary alicyclic amines) is 1. The van der Waals surface area contributed by atoms with E-state index in [9.17, 15) is 14.7 Å². The zero-order chi connectivity index (χ0) is 14.7. The summed E-state index contributed by atoms with van der Waals surface area (Å²) >= 11 is 0. The van der Waals surface area contributed by atoms with Crippen LogP contribution in [0.3, 0.4) is 0 Å². The van der Waals surface area contributed by atoms with E-state index in [2.05, 4.69) is 17.1 Å². The van der Waals surface area contributed by atoms with Gasteiger partial charge in [0, 0.05) is 12.6 Å². The van der Waals surface area contributed by atoms with Gasteiger partial charge in [-0.2, -0.15) is 0 Å². The van der Waals surface area contributed by atoms with Crippen molar-refractivity contribution in [2.24, 2.45) is 17.8 Å². The topological polar surface area (TPSA) is 69.6 Å². The molecule has 1 aliphatic carbocycles. The third-order valence-corrected chi connectivity index (χ3v) is 4.79. The normalized spacial score (nSPS) is 32.2. The molecule has 0 radical (unpaired) electrons. The zero-order valence-electron chi connectivity index (χ0n) is 12.5. The van der Waals surface area contributed by atoms with Crippen LogP contribution in [-0.2, 0) is 9.59 Å². The fourth-order valence-corrected chi connectivity index (χ4v) is 3.55. The van der Waals surface area contributed by atoms with E-state index >= 15 is 0 Å². The van der Waals surface area contributed by atoms with E-state index in [-0.39, 0.29) is 11.8 Å². The van der Waals surface area contributed by atoms with Crippen LogP contribution in [0, 0.1) is 17.8 Å². The predicted octanol–water partition coefficient (Wildman–Crippen LogP) is 1.33. The average molecular weight is 282 g/mol. The molecule has 5 nitrogen and oxygen atoms in total. The Morgan fingerprint density at radius 1 is 1.25 bits per heavy atom. The summed E-state index contributed by atoms with van der Waals surface area (Å²) in [5.41, 5.74) is 0. The van der Waals surface area contributed by atoms with E-state index in [1.54, 1.807) is 0 Å². The molecular formula is C15H26N2O3. The largest absolute Gasteiger partial charge is 0.481 e. The van der Waals surface area contributed by atoms with Gasteiger partial charge in [0.25, 0.3) is 0 Å². The van der Waals surface area contributed by atoms with Crippen LogP contribution in [0.25, 0.3) is 0 Å². The summed E-state index contributed by atoms with van der Waals surface area (Å²) in [6.07, 6.45) is 3.79. The zero-order valence-corrected chi connectivity index (χ0v) is 12.5. The second-order valence-corrected chi connectivity index (χ2v) is 6.47. The highest BCUT2D eigenvalue weighted by atomic mass is 16.4. The summed E-state index contributed by atoms with van der Waals surface area (Å²) in [5, 5.41) is 12.2. The number of nitrogens with one attached hydrogen (secondary N) is 1. The summed E-state index contributed by atoms with van der Waals surface area (Å²) in [6.45, 7) is 6.98. The molecule has 0 aromatic rings. The Morgan fingerprint density at radius 2 is 1.85 bits per heavy atom. The van der Waals surface area contributed by atoms with Crippen molar-refractivity contribution < 1.29 is 14.7 Å². The molecular weight excluding hydrogens is 256 g/mol. The van der Waals surface area contributed by atoms with Crippen LogP contribution in [0.2, 0.25) is 0 Å². The van der Waals surface area contributed by atoms with E-state index in [1.807, 2.05) is 6.92 Å². The van der Waals surface area contributed by atoms with Gasteiger partial charge in [-0.25, -0.2) is 0 Å². The lowest BCUT2D eigenvalue weighted by atomic mass is 9.95. The highest BCUT2D eigenvalue weighted by Gasteiger charge is 2.41. The van der Waals surface area contributed by atoms with Crippen molar-refractivity contribution in [1.29, 1.82) is 0 Å². The SMILES string of the molecule is CC1C[C@H](C(=O)NCC(C)N2CCCC2)[C@H](C(=O)O)C1. The standard InChI is InChI=1S/C15H26N2O3/c1-10-7-12(13(8-10)15(19)20)14(18)16-9-11(2)17-5-3-4-6-17/h10-13H,3-9H2,1-2H3,(H,16,18)(H,19,20)/t10?,11?,12-,13+/m0/s1. The Labute approximate surface area is 120 Å². The highest BCUT2D eigenvalue weighted by Crippen LogP contribution is 2.36. The quantitative estimate of drug-likeness (QED) is 0.798. The van der Waals surface area contributed by atoms with Crippen LogP contribution in [0.1, 0.15) is 39.5 Å². The molecule has 2 fully saturated rings. The van der Waals surface area contributed by atoms with Crippen molar-refractivity contribution >= 4 is 11.9 Å². The molecule has 1 saturated carbocycles. The average Bonchev–Trinajstić information content (AvgIpc) is 3.04. The minimum Gasteiger partial charge on any atom is -0.481 e. The molecule has 0 spiro atoms. The van der Waals surface area contributed by atoms with Crippen LogP contribution in [0.15, 0.2) is 0 Å². The number of carbonyl (C=O) groups is 2. The molecule has 4 atom stereocenters. The number of hydrogen-bond acceptors (Lipinski definition) is 3. The first-order chi connectivity index (χ1) is 9.49. The van der Waals surface area contributed by atoms with Crippen molar-refractivity contribution in [2.45, 2.75) is 45.6 Å². The number of nitrogens with zero attached hydrogens (tertiary/aromatic N) is 1. The maximum atomic E-state index is 12.2. The number of aliphatic carboxylic acids is 1. The monoisotopic (exact) mass is 282 g/mol. The van der Waals surface area contributed by atoms with Gasteiger partial charge in [0.1, 0.15) is 0 Å². The number of carboxylic acid groups (broad SMARTS) is 1. The fourth-order valence-electron chi connectivity index (χ4n) is 3.55. The summed E-state index contributed by atoms with van der Waals surface area (Å²) in [6, 6.07) is 0.337.